The molecule has 0 heterocycles. The van der Waals surface area contributed by atoms with Crippen LogP contribution in [0.15, 0.2) is 0 Å². The SMILES string of the molecule is O=C(OO)C(O)O.[AlH3]. The fourth-order valence-corrected chi connectivity index (χ4v) is 0.0471. The molecule has 0 fully saturated rings. The van der Waals surface area contributed by atoms with Crippen molar-refractivity contribution in [2.24, 2.45) is 0 Å². The molecule has 0 amide bonds. The Bertz CT molecular complexity index is 70.8. The maximum atomic E-state index is 9.54. The van der Waals surface area contributed by atoms with Gasteiger partial charge in [0.2, 0.25) is 0 Å². The van der Waals surface area contributed by atoms with Crippen LogP contribution in [0.5, 0.6) is 0 Å². The van der Waals surface area contributed by atoms with Gasteiger partial charge in [0, 0.05) is 0 Å². The fraction of sp³-hybridized carbons (Fsp3) is 0.500. The van der Waals surface area contributed by atoms with E-state index in [1.807, 2.05) is 0 Å². The first kappa shape index (κ1) is 10.8. The highest BCUT2D eigenvalue weighted by molar-refractivity contribution is 5.75. The fourth-order valence-electron chi connectivity index (χ4n) is 0.0471. The Hall–Kier alpha value is -0.118. The van der Waals surface area contributed by atoms with Gasteiger partial charge in [0.1, 0.15) is 0 Å². The van der Waals surface area contributed by atoms with Crippen LogP contribution in [0, 0.1) is 0 Å². The van der Waals surface area contributed by atoms with Gasteiger partial charge in [-0.3, -0.25) is 4.89 Å². The number of carbonyl (C=O) groups excluding carboxylic acids is 1. The Morgan fingerprint density at radius 2 is 1.88 bits per heavy atom. The number of hydrogen-bond acceptors (Lipinski definition) is 5. The second-order valence-electron chi connectivity index (χ2n) is 0.784. The van der Waals surface area contributed by atoms with Gasteiger partial charge in [0.25, 0.3) is 6.29 Å². The zero-order valence-corrected chi connectivity index (χ0v) is 3.24. The van der Waals surface area contributed by atoms with E-state index in [1.165, 1.54) is 0 Å². The largest absolute Gasteiger partial charge is 0.397 e. The molecule has 0 aromatic rings. The van der Waals surface area contributed by atoms with E-state index in [9.17, 15) is 4.79 Å². The first-order chi connectivity index (χ1) is 3.18. The lowest BCUT2D eigenvalue weighted by Crippen LogP contribution is -2.20. The third kappa shape index (κ3) is 4.05. The Balaban J connectivity index is 0. The summed E-state index contributed by atoms with van der Waals surface area (Å²) in [4.78, 5) is 12.4. The quantitative estimate of drug-likeness (QED) is 0.157. The Morgan fingerprint density at radius 3 is 1.88 bits per heavy atom. The third-order valence-corrected chi connectivity index (χ3v) is 0.301. The Morgan fingerprint density at radius 1 is 1.50 bits per heavy atom. The molecule has 0 saturated heterocycles. The van der Waals surface area contributed by atoms with Crippen molar-refractivity contribution in [1.29, 1.82) is 0 Å². The van der Waals surface area contributed by atoms with Crippen molar-refractivity contribution in [3.8, 4) is 0 Å². The van der Waals surface area contributed by atoms with E-state index < -0.39 is 12.3 Å². The van der Waals surface area contributed by atoms with E-state index in [4.69, 9.17) is 15.5 Å². The van der Waals surface area contributed by atoms with Crippen molar-refractivity contribution in [3.63, 3.8) is 0 Å². The average Bonchev–Trinajstić information content (AvgIpc) is 1.65. The van der Waals surface area contributed by atoms with E-state index in [-0.39, 0.29) is 17.4 Å². The molecule has 8 heavy (non-hydrogen) atoms. The second-order valence-corrected chi connectivity index (χ2v) is 0.784. The van der Waals surface area contributed by atoms with Crippen LogP contribution in [-0.2, 0) is 9.68 Å². The molecule has 0 aliphatic carbocycles. The van der Waals surface area contributed by atoms with Crippen molar-refractivity contribution in [3.05, 3.63) is 0 Å². The van der Waals surface area contributed by atoms with Gasteiger partial charge in [-0.1, -0.05) is 0 Å². The zero-order chi connectivity index (χ0) is 5.86. The molecule has 0 rings (SSSR count). The van der Waals surface area contributed by atoms with Crippen LogP contribution in [0.1, 0.15) is 0 Å². The zero-order valence-electron chi connectivity index (χ0n) is 3.24. The van der Waals surface area contributed by atoms with Gasteiger partial charge >= 0.3 is 5.97 Å². The molecule has 0 aliphatic rings. The van der Waals surface area contributed by atoms with Crippen LogP contribution < -0.4 is 0 Å². The van der Waals surface area contributed by atoms with Crippen molar-refractivity contribution in [2.75, 3.05) is 0 Å². The Kier molecular flexibility index (Phi) is 6.78. The minimum absolute atomic E-state index is 0. The summed E-state index contributed by atoms with van der Waals surface area (Å²) in [6.45, 7) is 0. The highest BCUT2D eigenvalue weighted by atomic mass is 27.0. The number of aliphatic hydroxyl groups is 2. The standard InChI is InChI=1S/C2H4O5.Al.3H/c3-1(4)2(5)7-6;;;;/h1,3-4,6H;;;;. The van der Waals surface area contributed by atoms with Crippen molar-refractivity contribution < 1.29 is 25.2 Å². The molecule has 0 aromatic heterocycles. The first-order valence-corrected chi connectivity index (χ1v) is 1.40. The molecule has 0 radical (unpaired) electrons. The highest BCUT2D eigenvalue weighted by Gasteiger charge is 2.10. The summed E-state index contributed by atoms with van der Waals surface area (Å²) < 4.78 is 0. The number of carbonyl (C=O) groups is 1. The van der Waals surface area contributed by atoms with Crippen LogP contribution in [0.3, 0.4) is 0 Å². The topological polar surface area (TPSA) is 87.0 Å². The van der Waals surface area contributed by atoms with Crippen LogP contribution in [0.2, 0.25) is 0 Å². The lowest BCUT2D eigenvalue weighted by molar-refractivity contribution is -0.255. The molecule has 6 heteroatoms. The summed E-state index contributed by atoms with van der Waals surface area (Å²) in [6, 6.07) is 0. The summed E-state index contributed by atoms with van der Waals surface area (Å²) in [7, 11) is 0. The van der Waals surface area contributed by atoms with E-state index in [0.29, 0.717) is 0 Å². The molecule has 0 bridgehead atoms. The van der Waals surface area contributed by atoms with Crippen molar-refractivity contribution >= 4 is 23.3 Å². The van der Waals surface area contributed by atoms with Gasteiger partial charge in [-0.25, -0.2) is 4.79 Å². The molecule has 0 saturated carbocycles. The smallest absolute Gasteiger partial charge is 0.359 e. The molecule has 0 aromatic carbocycles. The molecule has 0 spiro atoms. The third-order valence-electron chi connectivity index (χ3n) is 0.301. The summed E-state index contributed by atoms with van der Waals surface area (Å²) in [5, 5.41) is 22.8. The second kappa shape index (κ2) is 5.03. The summed E-state index contributed by atoms with van der Waals surface area (Å²) in [5.74, 6) is -1.49. The van der Waals surface area contributed by atoms with Gasteiger partial charge in [-0.05, 0) is 0 Å². The lowest BCUT2D eigenvalue weighted by Gasteiger charge is -1.93. The predicted octanol–water partition coefficient (Wildman–Crippen LogP) is -2.87. The van der Waals surface area contributed by atoms with Gasteiger partial charge < -0.3 is 10.2 Å². The van der Waals surface area contributed by atoms with Crippen LogP contribution in [-0.4, -0.2) is 45.1 Å². The molecule has 48 valence electrons. The summed E-state index contributed by atoms with van der Waals surface area (Å²) in [6.07, 6.45) is -2.25. The van der Waals surface area contributed by atoms with Gasteiger partial charge in [0.15, 0.2) is 17.4 Å². The molecular weight excluding hydrogens is 131 g/mol. The van der Waals surface area contributed by atoms with E-state index in [2.05, 4.69) is 4.89 Å². The highest BCUT2D eigenvalue weighted by Crippen LogP contribution is 1.76. The Labute approximate surface area is 55.6 Å². The maximum Gasteiger partial charge on any atom is 0.397 e. The normalized spacial score (nSPS) is 8.00. The predicted molar refractivity (Wildman–Crippen MR) is 26.9 cm³/mol. The molecule has 3 N–H and O–H groups in total. The van der Waals surface area contributed by atoms with Gasteiger partial charge in [-0.15, -0.1) is 0 Å². The van der Waals surface area contributed by atoms with Crippen LogP contribution in [0.25, 0.3) is 0 Å². The van der Waals surface area contributed by atoms with E-state index in [0.717, 1.165) is 0 Å². The van der Waals surface area contributed by atoms with Gasteiger partial charge in [0.05, 0.1) is 0 Å². The van der Waals surface area contributed by atoms with Crippen molar-refractivity contribution in [1.82, 2.24) is 0 Å². The monoisotopic (exact) mass is 138 g/mol. The summed E-state index contributed by atoms with van der Waals surface area (Å²) >= 11 is 0. The average molecular weight is 138 g/mol. The van der Waals surface area contributed by atoms with Crippen LogP contribution >= 0.6 is 0 Å². The molecular formula is C2H7AlO5. The first-order valence-electron chi connectivity index (χ1n) is 1.40. The molecule has 0 unspecified atom stereocenters. The van der Waals surface area contributed by atoms with E-state index in [1.54, 1.807) is 0 Å². The molecule has 5 nitrogen and oxygen atoms in total. The van der Waals surface area contributed by atoms with E-state index >= 15 is 0 Å². The van der Waals surface area contributed by atoms with Crippen LogP contribution in [0.4, 0.5) is 0 Å². The maximum absolute atomic E-state index is 9.54. The minimum atomic E-state index is -2.25. The molecule has 0 aliphatic heterocycles. The van der Waals surface area contributed by atoms with Gasteiger partial charge in [-0.2, -0.15) is 5.26 Å². The number of hydrogen-bond donors (Lipinski definition) is 3. The van der Waals surface area contributed by atoms with Crippen molar-refractivity contribution in [2.45, 2.75) is 6.29 Å². The summed E-state index contributed by atoms with van der Waals surface area (Å²) in [5.41, 5.74) is 0. The lowest BCUT2D eigenvalue weighted by atomic mass is 10.7. The number of rotatable bonds is 1. The minimum Gasteiger partial charge on any atom is -0.359 e. The molecule has 0 atom stereocenters. The number of aliphatic hydroxyl groups excluding tert-OH is 1.